The fourth-order valence-electron chi connectivity index (χ4n) is 2.59. The maximum absolute atomic E-state index is 11.8. The molecule has 10 heteroatoms. The Bertz CT molecular complexity index is 869. The number of carbonyl (C=O) groups is 4. The number of aryl methyl sites for hydroxylation is 1. The van der Waals surface area contributed by atoms with E-state index in [4.69, 9.17) is 9.53 Å². The molecule has 0 radical (unpaired) electrons. The normalized spacial score (nSPS) is 9.82. The monoisotopic (exact) mass is 569 g/mol. The number of rotatable bonds is 11. The first-order valence-electron chi connectivity index (χ1n) is 13.2. The summed E-state index contributed by atoms with van der Waals surface area (Å²) in [5, 5.41) is 6.87. The van der Waals surface area contributed by atoms with Crippen LogP contribution in [0, 0.1) is 5.92 Å². The topological polar surface area (TPSA) is 124 Å². The quantitative estimate of drug-likeness (QED) is 0.190. The van der Waals surface area contributed by atoms with E-state index in [1.54, 1.807) is 12.5 Å². The van der Waals surface area contributed by atoms with Crippen LogP contribution in [-0.4, -0.2) is 48.9 Å². The molecule has 39 heavy (non-hydrogen) atoms. The average Bonchev–Trinajstić information content (AvgIpc) is 3.38. The molecular formula is C29H51N3O6S. The van der Waals surface area contributed by atoms with Crippen LogP contribution in [0.3, 0.4) is 0 Å². The van der Waals surface area contributed by atoms with E-state index in [0.717, 1.165) is 30.7 Å². The minimum atomic E-state index is -0.783. The van der Waals surface area contributed by atoms with Crippen molar-refractivity contribution in [3.63, 3.8) is 0 Å². The number of methoxy groups -OCH3 is 2. The fraction of sp³-hybridized carbons (Fsp3) is 0.621. The number of carbonyl (C=O) groups excluding carboxylic acids is 4. The molecule has 1 rings (SSSR count). The Balaban J connectivity index is -0.000000591. The lowest BCUT2D eigenvalue weighted by Gasteiger charge is -2.14. The minimum Gasteiger partial charge on any atom is -0.464 e. The summed E-state index contributed by atoms with van der Waals surface area (Å²) in [6, 6.07) is 0. The first-order chi connectivity index (χ1) is 18.2. The number of thiazole rings is 1. The van der Waals surface area contributed by atoms with Crippen LogP contribution in [0.4, 0.5) is 0 Å². The van der Waals surface area contributed by atoms with Crippen LogP contribution in [0.2, 0.25) is 0 Å². The molecule has 0 spiro atoms. The van der Waals surface area contributed by atoms with Gasteiger partial charge in [-0.25, -0.2) is 9.78 Å². The van der Waals surface area contributed by atoms with Gasteiger partial charge in [0.15, 0.2) is 0 Å². The number of amides is 2. The summed E-state index contributed by atoms with van der Waals surface area (Å²) in [7, 11) is 2.86. The van der Waals surface area contributed by atoms with Gasteiger partial charge in [-0.05, 0) is 40.0 Å². The minimum absolute atomic E-state index is 0.0417. The van der Waals surface area contributed by atoms with Crippen molar-refractivity contribution in [3.05, 3.63) is 40.6 Å². The highest BCUT2D eigenvalue weighted by Crippen LogP contribution is 2.16. The second-order valence-electron chi connectivity index (χ2n) is 9.24. The van der Waals surface area contributed by atoms with Crippen LogP contribution in [0.15, 0.2) is 29.9 Å². The van der Waals surface area contributed by atoms with Crippen molar-refractivity contribution in [1.29, 1.82) is 0 Å². The van der Waals surface area contributed by atoms with E-state index in [9.17, 15) is 14.4 Å². The molecule has 224 valence electrons. The molecule has 0 fully saturated rings. The molecule has 9 nitrogen and oxygen atoms in total. The predicted octanol–water partition coefficient (Wildman–Crippen LogP) is 6.00. The highest BCUT2D eigenvalue weighted by atomic mass is 32.1. The Morgan fingerprint density at radius 1 is 1.03 bits per heavy atom. The van der Waals surface area contributed by atoms with Crippen LogP contribution in [0.1, 0.15) is 103 Å². The van der Waals surface area contributed by atoms with Crippen molar-refractivity contribution in [3.8, 4) is 0 Å². The first kappa shape index (κ1) is 40.6. The first-order valence-corrected chi connectivity index (χ1v) is 14.1. The SMILES string of the molecule is C=C(NC(=O)c1csc(CC)n1)C(=O)NC(=C)C(=O)OC.CC=O.CCCC(CC)CCC.COC(C)(C)C. The van der Waals surface area contributed by atoms with E-state index in [0.29, 0.717) is 0 Å². The number of aromatic nitrogens is 1. The number of nitrogens with one attached hydrogen (secondary N) is 2. The highest BCUT2D eigenvalue weighted by Gasteiger charge is 2.17. The Morgan fingerprint density at radius 3 is 1.85 bits per heavy atom. The van der Waals surface area contributed by atoms with Crippen molar-refractivity contribution in [2.45, 2.75) is 99.5 Å². The molecule has 0 saturated heterocycles. The van der Waals surface area contributed by atoms with E-state index >= 15 is 0 Å². The summed E-state index contributed by atoms with van der Waals surface area (Å²) in [5.41, 5.74) is -0.228. The smallest absolute Gasteiger partial charge is 0.353 e. The zero-order chi connectivity index (χ0) is 31.0. The summed E-state index contributed by atoms with van der Waals surface area (Å²) in [5.74, 6) is -1.07. The standard InChI is InChI=1S/C13H15N3O4S.C9H20.C5H12O.C2H4O/c1-5-10-16-9(6-21-10)12(18)14-7(2)11(17)15-8(3)13(19)20-4;1-4-7-9(6-3)8-5-2;1-5(2,3)6-4;1-2-3/h6H,2-3,5H2,1,4H3,(H,14,18)(H,15,17);9H,4-8H2,1-3H3;1-4H3;2H,1H3. The number of nitrogens with zero attached hydrogens (tertiary/aromatic N) is 1. The molecule has 0 atom stereocenters. The molecule has 0 aliphatic heterocycles. The molecule has 2 N–H and O–H groups in total. The summed E-state index contributed by atoms with van der Waals surface area (Å²) in [4.78, 5) is 47.5. The van der Waals surface area contributed by atoms with Gasteiger partial charge in [-0.15, -0.1) is 11.3 Å². The van der Waals surface area contributed by atoms with Crippen molar-refractivity contribution in [1.82, 2.24) is 15.6 Å². The molecule has 0 unspecified atom stereocenters. The van der Waals surface area contributed by atoms with Gasteiger partial charge in [-0.3, -0.25) is 9.59 Å². The maximum Gasteiger partial charge on any atom is 0.353 e. The number of aldehydes is 1. The lowest BCUT2D eigenvalue weighted by molar-refractivity contribution is -0.137. The molecule has 0 aromatic carbocycles. The van der Waals surface area contributed by atoms with Gasteiger partial charge in [-0.1, -0.05) is 73.0 Å². The predicted molar refractivity (Wildman–Crippen MR) is 159 cm³/mol. The van der Waals surface area contributed by atoms with Gasteiger partial charge >= 0.3 is 5.97 Å². The van der Waals surface area contributed by atoms with E-state index in [1.165, 1.54) is 50.4 Å². The largest absolute Gasteiger partial charge is 0.464 e. The van der Waals surface area contributed by atoms with E-state index in [2.05, 4.69) is 54.3 Å². The molecule has 1 heterocycles. The van der Waals surface area contributed by atoms with Crippen molar-refractivity contribution in [2.75, 3.05) is 14.2 Å². The van der Waals surface area contributed by atoms with Gasteiger partial charge in [0.05, 0.1) is 23.4 Å². The van der Waals surface area contributed by atoms with Gasteiger partial charge in [-0.2, -0.15) is 0 Å². The van der Waals surface area contributed by atoms with Crippen molar-refractivity contribution in [2.24, 2.45) is 5.92 Å². The Kier molecular flexibility index (Phi) is 25.2. The maximum atomic E-state index is 11.8. The molecule has 0 bridgehead atoms. The van der Waals surface area contributed by atoms with Crippen LogP contribution >= 0.6 is 11.3 Å². The molecule has 1 aromatic heterocycles. The van der Waals surface area contributed by atoms with E-state index in [1.807, 2.05) is 27.7 Å². The van der Waals surface area contributed by atoms with Crippen molar-refractivity contribution < 1.29 is 28.7 Å². The van der Waals surface area contributed by atoms with E-state index < -0.39 is 17.8 Å². The Hall–Kier alpha value is -2.85. The zero-order valence-corrected chi connectivity index (χ0v) is 26.5. The van der Waals surface area contributed by atoms with Crippen LogP contribution in [0.5, 0.6) is 0 Å². The van der Waals surface area contributed by atoms with Crippen LogP contribution in [-0.2, 0) is 30.3 Å². The molecule has 2 amide bonds. The van der Waals surface area contributed by atoms with Gasteiger partial charge in [0.25, 0.3) is 11.8 Å². The Labute approximate surface area is 239 Å². The number of hydrogen-bond donors (Lipinski definition) is 2. The second-order valence-corrected chi connectivity index (χ2v) is 10.2. The lowest BCUT2D eigenvalue weighted by Crippen LogP contribution is -2.35. The van der Waals surface area contributed by atoms with Gasteiger partial charge in [0.2, 0.25) is 0 Å². The average molecular weight is 570 g/mol. The third kappa shape index (κ3) is 22.8. The molecule has 1 aromatic rings. The summed E-state index contributed by atoms with van der Waals surface area (Å²) < 4.78 is 9.32. The summed E-state index contributed by atoms with van der Waals surface area (Å²) in [6.45, 7) is 23.0. The molecular weight excluding hydrogens is 518 g/mol. The van der Waals surface area contributed by atoms with E-state index in [-0.39, 0.29) is 22.7 Å². The molecule has 0 saturated carbocycles. The molecule has 0 aliphatic rings. The van der Waals surface area contributed by atoms with Gasteiger partial charge < -0.3 is 24.9 Å². The third-order valence-electron chi connectivity index (χ3n) is 4.91. The zero-order valence-electron chi connectivity index (χ0n) is 25.7. The second kappa shape index (κ2) is 24.2. The number of ether oxygens (including phenoxy) is 2. The fourth-order valence-corrected chi connectivity index (χ4v) is 3.32. The number of esters is 1. The number of hydrogen-bond acceptors (Lipinski definition) is 8. The lowest BCUT2D eigenvalue weighted by atomic mass is 9.96. The Morgan fingerprint density at radius 2 is 1.51 bits per heavy atom. The summed E-state index contributed by atoms with van der Waals surface area (Å²) >= 11 is 1.35. The van der Waals surface area contributed by atoms with Crippen LogP contribution in [0.25, 0.3) is 0 Å². The highest BCUT2D eigenvalue weighted by molar-refractivity contribution is 7.09. The van der Waals surface area contributed by atoms with Gasteiger partial charge in [0, 0.05) is 12.5 Å². The van der Waals surface area contributed by atoms with Gasteiger partial charge in [0.1, 0.15) is 17.7 Å². The third-order valence-corrected chi connectivity index (χ3v) is 5.90. The van der Waals surface area contributed by atoms with Crippen molar-refractivity contribution >= 4 is 35.4 Å². The molecule has 0 aliphatic carbocycles. The summed E-state index contributed by atoms with van der Waals surface area (Å²) in [6.07, 6.45) is 8.44. The van der Waals surface area contributed by atoms with Crippen LogP contribution < -0.4 is 10.6 Å².